The van der Waals surface area contributed by atoms with Crippen LogP contribution >= 0.6 is 0 Å². The lowest BCUT2D eigenvalue weighted by molar-refractivity contribution is -0.135. The predicted molar refractivity (Wildman–Crippen MR) is 97.4 cm³/mol. The quantitative estimate of drug-likeness (QED) is 0.894. The topological polar surface area (TPSA) is 67.0 Å². The number of nitrogens with one attached hydrogen (secondary N) is 2. The van der Waals surface area contributed by atoms with E-state index in [9.17, 15) is 4.79 Å². The molecule has 1 aromatic carbocycles. The Morgan fingerprint density at radius 1 is 1.16 bits per heavy atom. The van der Waals surface area contributed by atoms with Crippen molar-refractivity contribution in [2.75, 3.05) is 13.2 Å². The second-order valence-corrected chi connectivity index (χ2v) is 7.46. The number of hydrogen-bond donors (Lipinski definition) is 2. The van der Waals surface area contributed by atoms with Crippen LogP contribution in [0, 0.1) is 5.92 Å². The van der Waals surface area contributed by atoms with E-state index >= 15 is 0 Å². The zero-order chi connectivity index (χ0) is 17.1. The summed E-state index contributed by atoms with van der Waals surface area (Å²) in [4.78, 5) is 20.4. The fourth-order valence-corrected chi connectivity index (χ4v) is 4.11. The van der Waals surface area contributed by atoms with E-state index in [0.717, 1.165) is 75.0 Å². The van der Waals surface area contributed by atoms with E-state index in [4.69, 9.17) is 9.72 Å². The van der Waals surface area contributed by atoms with Gasteiger partial charge in [0.2, 0.25) is 5.91 Å². The Kier molecular flexibility index (Phi) is 5.02. The summed E-state index contributed by atoms with van der Waals surface area (Å²) in [5.74, 6) is 2.30. The van der Waals surface area contributed by atoms with Crippen LogP contribution in [-0.2, 0) is 9.53 Å². The van der Waals surface area contributed by atoms with Crippen LogP contribution in [0.5, 0.6) is 0 Å². The monoisotopic (exact) mass is 341 g/mol. The fourth-order valence-electron chi connectivity index (χ4n) is 4.11. The van der Waals surface area contributed by atoms with Crippen molar-refractivity contribution in [2.24, 2.45) is 5.92 Å². The summed E-state index contributed by atoms with van der Waals surface area (Å²) in [5.41, 5.74) is 2.18. The Morgan fingerprint density at radius 2 is 2.00 bits per heavy atom. The maximum atomic E-state index is 12.2. The minimum atomic E-state index is -0.222. The lowest BCUT2D eigenvalue weighted by atomic mass is 9.81. The lowest BCUT2D eigenvalue weighted by Gasteiger charge is -2.28. The van der Waals surface area contributed by atoms with Crippen LogP contribution in [0.15, 0.2) is 24.3 Å². The molecule has 25 heavy (non-hydrogen) atoms. The van der Waals surface area contributed by atoms with Crippen LogP contribution in [0.4, 0.5) is 0 Å². The molecule has 1 aromatic heterocycles. The molecule has 2 aliphatic rings. The highest BCUT2D eigenvalue weighted by Gasteiger charge is 2.26. The van der Waals surface area contributed by atoms with Crippen molar-refractivity contribution in [1.29, 1.82) is 0 Å². The van der Waals surface area contributed by atoms with E-state index in [-0.39, 0.29) is 12.0 Å². The third-order valence-corrected chi connectivity index (χ3v) is 5.68. The highest BCUT2D eigenvalue weighted by Crippen LogP contribution is 2.35. The van der Waals surface area contributed by atoms with Gasteiger partial charge in [-0.1, -0.05) is 12.1 Å². The summed E-state index contributed by atoms with van der Waals surface area (Å²) in [7, 11) is 0. The molecule has 134 valence electrons. The number of aromatic amines is 1. The number of aromatic nitrogens is 2. The number of carbonyl (C=O) groups is 1. The number of hydrogen-bond acceptors (Lipinski definition) is 3. The van der Waals surface area contributed by atoms with Crippen LogP contribution < -0.4 is 5.32 Å². The van der Waals surface area contributed by atoms with Crippen molar-refractivity contribution in [2.45, 2.75) is 57.0 Å². The molecule has 2 heterocycles. The third kappa shape index (κ3) is 3.87. The first-order valence-electron chi connectivity index (χ1n) is 9.63. The minimum Gasteiger partial charge on any atom is -0.368 e. The number of ether oxygens (including phenoxy) is 1. The first kappa shape index (κ1) is 16.6. The van der Waals surface area contributed by atoms with Crippen LogP contribution in [0.1, 0.15) is 56.7 Å². The van der Waals surface area contributed by atoms with Gasteiger partial charge < -0.3 is 15.0 Å². The minimum absolute atomic E-state index is 0.0825. The molecule has 1 atom stereocenters. The summed E-state index contributed by atoms with van der Waals surface area (Å²) >= 11 is 0. The van der Waals surface area contributed by atoms with Crippen molar-refractivity contribution in [3.63, 3.8) is 0 Å². The molecule has 1 amide bonds. The van der Waals surface area contributed by atoms with Gasteiger partial charge in [0.25, 0.3) is 0 Å². The molecule has 5 nitrogen and oxygen atoms in total. The number of carbonyl (C=O) groups excluding carboxylic acids is 1. The van der Waals surface area contributed by atoms with E-state index in [0.29, 0.717) is 11.8 Å². The second-order valence-electron chi connectivity index (χ2n) is 7.46. The highest BCUT2D eigenvalue weighted by atomic mass is 16.5. The van der Waals surface area contributed by atoms with Crippen molar-refractivity contribution in [3.05, 3.63) is 30.1 Å². The predicted octanol–water partition coefficient (Wildman–Crippen LogP) is 3.52. The van der Waals surface area contributed by atoms with E-state index in [2.05, 4.69) is 22.4 Å². The van der Waals surface area contributed by atoms with Crippen molar-refractivity contribution in [1.82, 2.24) is 15.3 Å². The number of nitrogens with zero attached hydrogens (tertiary/aromatic N) is 1. The van der Waals surface area contributed by atoms with E-state index in [1.54, 1.807) is 0 Å². The number of imidazole rings is 1. The average Bonchev–Trinajstić information content (AvgIpc) is 3.11. The van der Waals surface area contributed by atoms with Gasteiger partial charge in [0, 0.05) is 19.1 Å². The SMILES string of the molecule is O=C(NCC1CCC(c2nc3ccccc3[nH]2)CC1)[C@@H]1CCCCO1. The molecule has 1 saturated carbocycles. The molecule has 0 bridgehead atoms. The first-order valence-corrected chi connectivity index (χ1v) is 9.63. The van der Waals surface area contributed by atoms with Gasteiger partial charge in [0.05, 0.1) is 11.0 Å². The van der Waals surface area contributed by atoms with Gasteiger partial charge in [0.15, 0.2) is 0 Å². The smallest absolute Gasteiger partial charge is 0.249 e. The van der Waals surface area contributed by atoms with E-state index in [1.165, 1.54) is 0 Å². The summed E-state index contributed by atoms with van der Waals surface area (Å²) < 4.78 is 5.56. The number of H-pyrrole nitrogens is 1. The summed E-state index contributed by atoms with van der Waals surface area (Å²) in [6.07, 6.45) is 7.39. The highest BCUT2D eigenvalue weighted by molar-refractivity contribution is 5.80. The molecule has 0 radical (unpaired) electrons. The Hall–Kier alpha value is -1.88. The summed E-state index contributed by atoms with van der Waals surface area (Å²) in [6, 6.07) is 8.21. The van der Waals surface area contributed by atoms with Crippen molar-refractivity contribution >= 4 is 16.9 Å². The lowest BCUT2D eigenvalue weighted by Crippen LogP contribution is -2.40. The van der Waals surface area contributed by atoms with Gasteiger partial charge in [-0.25, -0.2) is 4.98 Å². The maximum absolute atomic E-state index is 12.2. The van der Waals surface area contributed by atoms with Crippen molar-refractivity contribution in [3.8, 4) is 0 Å². The zero-order valence-electron chi connectivity index (χ0n) is 14.7. The van der Waals surface area contributed by atoms with Gasteiger partial charge in [-0.05, 0) is 63.0 Å². The van der Waals surface area contributed by atoms with Gasteiger partial charge in [-0.15, -0.1) is 0 Å². The van der Waals surface area contributed by atoms with Gasteiger partial charge in [-0.3, -0.25) is 4.79 Å². The summed E-state index contributed by atoms with van der Waals surface area (Å²) in [5, 5.41) is 3.11. The Labute approximate surface area is 148 Å². The van der Waals surface area contributed by atoms with Crippen LogP contribution in [0.2, 0.25) is 0 Å². The fraction of sp³-hybridized carbons (Fsp3) is 0.600. The van der Waals surface area contributed by atoms with Gasteiger partial charge in [0.1, 0.15) is 11.9 Å². The average molecular weight is 341 g/mol. The molecule has 1 aliphatic heterocycles. The van der Waals surface area contributed by atoms with Crippen LogP contribution in [0.25, 0.3) is 11.0 Å². The maximum Gasteiger partial charge on any atom is 0.249 e. The molecule has 0 unspecified atom stereocenters. The first-order chi connectivity index (χ1) is 12.3. The Bertz CT molecular complexity index is 680. The third-order valence-electron chi connectivity index (χ3n) is 5.68. The molecular formula is C20H27N3O2. The molecule has 4 rings (SSSR count). The molecule has 5 heteroatoms. The van der Waals surface area contributed by atoms with E-state index in [1.807, 2.05) is 12.1 Å². The van der Waals surface area contributed by atoms with Crippen LogP contribution in [-0.4, -0.2) is 35.1 Å². The molecule has 1 saturated heterocycles. The van der Waals surface area contributed by atoms with Gasteiger partial charge in [-0.2, -0.15) is 0 Å². The Balaban J connectivity index is 1.26. The van der Waals surface area contributed by atoms with Crippen molar-refractivity contribution < 1.29 is 9.53 Å². The largest absolute Gasteiger partial charge is 0.368 e. The molecular weight excluding hydrogens is 314 g/mol. The molecule has 2 N–H and O–H groups in total. The number of para-hydroxylation sites is 2. The normalized spacial score (nSPS) is 27.3. The van der Waals surface area contributed by atoms with E-state index < -0.39 is 0 Å². The molecule has 0 spiro atoms. The molecule has 2 aromatic rings. The molecule has 2 fully saturated rings. The second kappa shape index (κ2) is 7.56. The zero-order valence-corrected chi connectivity index (χ0v) is 14.7. The Morgan fingerprint density at radius 3 is 2.76 bits per heavy atom. The number of rotatable bonds is 4. The number of benzene rings is 1. The number of fused-ring (bicyclic) bond motifs is 1. The van der Waals surface area contributed by atoms with Gasteiger partial charge >= 0.3 is 0 Å². The molecule has 1 aliphatic carbocycles. The standard InChI is InChI=1S/C20H27N3O2/c24-20(18-7-3-4-12-25-18)21-13-14-8-10-15(11-9-14)19-22-16-5-1-2-6-17(16)23-19/h1-2,5-6,14-15,18H,3-4,7-13H2,(H,21,24)(H,22,23)/t14?,15?,18-/m0/s1. The summed E-state index contributed by atoms with van der Waals surface area (Å²) in [6.45, 7) is 1.51. The number of amides is 1. The van der Waals surface area contributed by atoms with Crippen LogP contribution in [0.3, 0.4) is 0 Å².